The molecule has 2 amide bonds. The summed E-state index contributed by atoms with van der Waals surface area (Å²) in [7, 11) is 0. The Balaban J connectivity index is 1.93. The highest BCUT2D eigenvalue weighted by Gasteiger charge is 2.32. The molecule has 0 radical (unpaired) electrons. The molecule has 0 saturated heterocycles. The Bertz CT molecular complexity index is 573. The predicted octanol–water partition coefficient (Wildman–Crippen LogP) is 1.42. The second-order valence-corrected chi connectivity index (χ2v) is 6.37. The van der Waals surface area contributed by atoms with Crippen molar-refractivity contribution in [2.45, 2.75) is 45.3 Å². The Morgan fingerprint density at radius 1 is 1.39 bits per heavy atom. The lowest BCUT2D eigenvalue weighted by Gasteiger charge is -2.23. The minimum absolute atomic E-state index is 0.0110. The molecule has 0 aliphatic heterocycles. The van der Waals surface area contributed by atoms with Gasteiger partial charge in [-0.05, 0) is 36.5 Å². The molecule has 1 saturated carbocycles. The van der Waals surface area contributed by atoms with Crippen LogP contribution in [0.2, 0.25) is 0 Å². The van der Waals surface area contributed by atoms with Gasteiger partial charge in [0.2, 0.25) is 11.8 Å². The molecule has 1 aromatic carbocycles. The fourth-order valence-corrected chi connectivity index (χ4v) is 2.32. The van der Waals surface area contributed by atoms with Gasteiger partial charge in [0.05, 0.1) is 12.6 Å². The van der Waals surface area contributed by atoms with Gasteiger partial charge in [-0.2, -0.15) is 0 Å². The number of hydrogen-bond donors (Lipinski definition) is 2. The van der Waals surface area contributed by atoms with E-state index in [0.29, 0.717) is 6.54 Å². The minimum atomic E-state index is -0.625. The highest BCUT2D eigenvalue weighted by Crippen LogP contribution is 2.28. The summed E-state index contributed by atoms with van der Waals surface area (Å²) in [6.07, 6.45) is 1.89. The van der Waals surface area contributed by atoms with Crippen molar-refractivity contribution in [3.8, 4) is 0 Å². The summed E-state index contributed by atoms with van der Waals surface area (Å²) in [6.45, 7) is 3.98. The van der Waals surface area contributed by atoms with Crippen molar-refractivity contribution in [2.24, 2.45) is 11.7 Å². The molecule has 1 aromatic rings. The molecule has 0 bridgehead atoms. The minimum Gasteiger partial charge on any atom is -0.346 e. The maximum Gasteiger partial charge on any atom is 0.242 e. The number of nitrogens with zero attached hydrogens (tertiary/aromatic N) is 1. The highest BCUT2D eigenvalue weighted by atomic mass is 19.1. The lowest BCUT2D eigenvalue weighted by atomic mass is 10.1. The van der Waals surface area contributed by atoms with E-state index in [-0.39, 0.29) is 36.1 Å². The summed E-state index contributed by atoms with van der Waals surface area (Å²) in [4.78, 5) is 25.9. The van der Waals surface area contributed by atoms with E-state index in [9.17, 15) is 14.0 Å². The molecule has 3 N–H and O–H groups in total. The molecule has 126 valence electrons. The van der Waals surface area contributed by atoms with Crippen LogP contribution in [0.3, 0.4) is 0 Å². The largest absolute Gasteiger partial charge is 0.346 e. The van der Waals surface area contributed by atoms with Gasteiger partial charge in [-0.25, -0.2) is 4.39 Å². The molecule has 1 aliphatic carbocycles. The number of nitrogens with one attached hydrogen (secondary N) is 1. The van der Waals surface area contributed by atoms with Crippen molar-refractivity contribution < 1.29 is 14.0 Å². The third kappa shape index (κ3) is 5.03. The van der Waals surface area contributed by atoms with Crippen molar-refractivity contribution >= 4 is 11.8 Å². The van der Waals surface area contributed by atoms with E-state index in [1.807, 2.05) is 13.8 Å². The number of nitrogens with two attached hydrogens (primary N) is 1. The van der Waals surface area contributed by atoms with Crippen molar-refractivity contribution in [1.82, 2.24) is 10.2 Å². The smallest absolute Gasteiger partial charge is 0.242 e. The molecular formula is C17H24FN3O2. The Labute approximate surface area is 136 Å². The molecule has 0 aromatic heterocycles. The molecule has 1 fully saturated rings. The Kier molecular flexibility index (Phi) is 5.71. The van der Waals surface area contributed by atoms with E-state index in [0.717, 1.165) is 18.4 Å². The zero-order valence-electron chi connectivity index (χ0n) is 13.6. The molecule has 5 nitrogen and oxygen atoms in total. The van der Waals surface area contributed by atoms with Crippen LogP contribution in [0.4, 0.5) is 4.39 Å². The first-order valence-corrected chi connectivity index (χ1v) is 7.95. The second-order valence-electron chi connectivity index (χ2n) is 6.37. The SMILES string of the molecule is CC(C)[C@H](N)C(=O)NCC(=O)N(Cc1cccc(F)c1)C1CC1. The van der Waals surface area contributed by atoms with E-state index in [1.165, 1.54) is 12.1 Å². The number of benzene rings is 1. The first-order chi connectivity index (χ1) is 10.9. The molecule has 1 atom stereocenters. The topological polar surface area (TPSA) is 75.4 Å². The molecule has 23 heavy (non-hydrogen) atoms. The first kappa shape index (κ1) is 17.4. The summed E-state index contributed by atoms with van der Waals surface area (Å²) in [5.74, 6) is -0.797. The van der Waals surface area contributed by atoms with Crippen LogP contribution in [0.5, 0.6) is 0 Å². The quantitative estimate of drug-likeness (QED) is 0.797. The van der Waals surface area contributed by atoms with Crippen LogP contribution in [-0.2, 0) is 16.1 Å². The molecule has 6 heteroatoms. The summed E-state index contributed by atoms with van der Waals surface area (Å²) in [5, 5.41) is 2.59. The van der Waals surface area contributed by atoms with Gasteiger partial charge in [0.15, 0.2) is 0 Å². The number of carbonyl (C=O) groups is 2. The maximum absolute atomic E-state index is 13.3. The van der Waals surface area contributed by atoms with E-state index >= 15 is 0 Å². The molecule has 0 unspecified atom stereocenters. The van der Waals surface area contributed by atoms with Crippen LogP contribution in [0, 0.1) is 11.7 Å². The Morgan fingerprint density at radius 2 is 2.09 bits per heavy atom. The third-order valence-corrected chi connectivity index (χ3v) is 3.98. The molecular weight excluding hydrogens is 297 g/mol. The highest BCUT2D eigenvalue weighted by molar-refractivity contribution is 5.87. The van der Waals surface area contributed by atoms with Crippen molar-refractivity contribution in [3.63, 3.8) is 0 Å². The lowest BCUT2D eigenvalue weighted by molar-refractivity contribution is -0.134. The molecule has 0 spiro atoms. The Morgan fingerprint density at radius 3 is 2.65 bits per heavy atom. The van der Waals surface area contributed by atoms with Crippen molar-refractivity contribution in [2.75, 3.05) is 6.54 Å². The van der Waals surface area contributed by atoms with Crippen LogP contribution in [0.15, 0.2) is 24.3 Å². The van der Waals surface area contributed by atoms with Gasteiger partial charge in [0.25, 0.3) is 0 Å². The van der Waals surface area contributed by atoms with Gasteiger partial charge < -0.3 is 16.0 Å². The first-order valence-electron chi connectivity index (χ1n) is 7.95. The third-order valence-electron chi connectivity index (χ3n) is 3.98. The van der Waals surface area contributed by atoms with Gasteiger partial charge in [0.1, 0.15) is 5.82 Å². The fourth-order valence-electron chi connectivity index (χ4n) is 2.32. The fraction of sp³-hybridized carbons (Fsp3) is 0.529. The standard InChI is InChI=1S/C17H24FN3O2/c1-11(2)16(19)17(23)20-9-15(22)21(14-6-7-14)10-12-4-3-5-13(18)8-12/h3-5,8,11,14,16H,6-7,9-10,19H2,1-2H3,(H,20,23)/t16-/m0/s1. The van der Waals surface area contributed by atoms with E-state index in [4.69, 9.17) is 5.73 Å². The van der Waals surface area contributed by atoms with E-state index in [1.54, 1.807) is 17.0 Å². The van der Waals surface area contributed by atoms with Crippen LogP contribution in [0.1, 0.15) is 32.3 Å². The van der Waals surface area contributed by atoms with Crippen LogP contribution < -0.4 is 11.1 Å². The second kappa shape index (κ2) is 7.55. The number of carbonyl (C=O) groups excluding carboxylic acids is 2. The van der Waals surface area contributed by atoms with Gasteiger partial charge in [-0.1, -0.05) is 26.0 Å². The van der Waals surface area contributed by atoms with Gasteiger partial charge >= 0.3 is 0 Å². The Hall–Kier alpha value is -1.95. The summed E-state index contributed by atoms with van der Waals surface area (Å²) < 4.78 is 13.3. The normalized spacial score (nSPS) is 15.3. The van der Waals surface area contributed by atoms with Gasteiger partial charge in [0, 0.05) is 12.6 Å². The molecule has 0 heterocycles. The number of amides is 2. The van der Waals surface area contributed by atoms with E-state index < -0.39 is 6.04 Å². The number of rotatable bonds is 7. The number of hydrogen-bond acceptors (Lipinski definition) is 3. The predicted molar refractivity (Wildman–Crippen MR) is 85.8 cm³/mol. The average Bonchev–Trinajstić information content (AvgIpc) is 3.33. The number of halogens is 1. The summed E-state index contributed by atoms with van der Waals surface area (Å²) in [6, 6.07) is 5.78. The van der Waals surface area contributed by atoms with Crippen LogP contribution in [0.25, 0.3) is 0 Å². The van der Waals surface area contributed by atoms with Crippen molar-refractivity contribution in [3.05, 3.63) is 35.6 Å². The lowest BCUT2D eigenvalue weighted by Crippen LogP contribution is -2.48. The maximum atomic E-state index is 13.3. The average molecular weight is 321 g/mol. The summed E-state index contributed by atoms with van der Waals surface area (Å²) in [5.41, 5.74) is 6.50. The van der Waals surface area contributed by atoms with Crippen LogP contribution in [-0.4, -0.2) is 35.3 Å². The summed E-state index contributed by atoms with van der Waals surface area (Å²) >= 11 is 0. The zero-order chi connectivity index (χ0) is 17.0. The molecule has 2 rings (SSSR count). The van der Waals surface area contributed by atoms with Crippen LogP contribution >= 0.6 is 0 Å². The van der Waals surface area contributed by atoms with Crippen molar-refractivity contribution in [1.29, 1.82) is 0 Å². The van der Waals surface area contributed by atoms with E-state index in [2.05, 4.69) is 5.32 Å². The van der Waals surface area contributed by atoms with Gasteiger partial charge in [-0.15, -0.1) is 0 Å². The van der Waals surface area contributed by atoms with Gasteiger partial charge in [-0.3, -0.25) is 9.59 Å². The zero-order valence-corrected chi connectivity index (χ0v) is 13.6. The molecule has 1 aliphatic rings. The monoisotopic (exact) mass is 321 g/mol.